The van der Waals surface area contributed by atoms with E-state index in [-0.39, 0.29) is 49.7 Å². The van der Waals surface area contributed by atoms with Crippen molar-refractivity contribution in [2.75, 3.05) is 28.4 Å². The zero-order chi connectivity index (χ0) is 37.4. The molecule has 0 amide bonds. The van der Waals surface area contributed by atoms with Crippen molar-refractivity contribution in [3.63, 3.8) is 0 Å². The first-order chi connectivity index (χ1) is 25.0. The molecule has 8 N–H and O–H groups in total. The number of aromatic nitrogens is 6. The lowest BCUT2D eigenvalue weighted by Crippen LogP contribution is -2.04. The largest absolute Gasteiger partial charge is 0.493 e. The number of rotatable bonds is 14. The molecule has 300 valence electrons. The number of benzene rings is 2. The molecule has 55 heavy (non-hydrogen) atoms. The number of H-pyrrole nitrogens is 2. The molecule has 2 aromatic carbocycles. The fourth-order valence-corrected chi connectivity index (χ4v) is 6.82. The van der Waals surface area contributed by atoms with Crippen molar-refractivity contribution >= 4 is 43.7 Å². The molecule has 4 aromatic heterocycles. The maximum absolute atomic E-state index is 12.6. The number of alkyl halides is 4. The van der Waals surface area contributed by atoms with Crippen LogP contribution in [-0.4, -0.2) is 96.4 Å². The van der Waals surface area contributed by atoms with Gasteiger partial charge in [0.05, 0.1) is 95.0 Å². The van der Waals surface area contributed by atoms with Gasteiger partial charge in [-0.25, -0.2) is 9.97 Å². The van der Waals surface area contributed by atoms with Gasteiger partial charge in [-0.05, 0) is 24.3 Å². The monoisotopic (exact) mass is 820 g/mol. The number of aromatic amines is 2. The average molecular weight is 821 g/mol. The van der Waals surface area contributed by atoms with Crippen LogP contribution in [0.4, 0.5) is 17.6 Å². The lowest BCUT2D eigenvalue weighted by molar-refractivity contribution is -0.0504. The molecule has 17 nitrogen and oxygen atoms in total. The molecule has 0 aliphatic rings. The van der Waals surface area contributed by atoms with Crippen LogP contribution >= 0.6 is 0 Å². The highest BCUT2D eigenvalue weighted by atomic mass is 32.2. The van der Waals surface area contributed by atoms with Crippen molar-refractivity contribution in [1.82, 2.24) is 29.9 Å². The number of halogens is 4. The third-order valence-electron chi connectivity index (χ3n) is 7.01. The summed E-state index contributed by atoms with van der Waals surface area (Å²) in [6.07, 6.45) is 3.06. The van der Waals surface area contributed by atoms with E-state index in [4.69, 9.17) is 18.9 Å². The number of nitrogens with one attached hydrogen (secondary N) is 2. The van der Waals surface area contributed by atoms with Crippen molar-refractivity contribution in [2.45, 2.75) is 35.0 Å². The normalized spacial score (nSPS) is 11.7. The summed E-state index contributed by atoms with van der Waals surface area (Å²) in [7, 11) is 2.81. The molecule has 23 heteroatoms. The van der Waals surface area contributed by atoms with Gasteiger partial charge in [-0.3, -0.25) is 18.4 Å². The predicted octanol–water partition coefficient (Wildman–Crippen LogP) is 3.29. The van der Waals surface area contributed by atoms with E-state index in [0.29, 0.717) is 56.5 Å². The Morgan fingerprint density at radius 1 is 0.600 bits per heavy atom. The van der Waals surface area contributed by atoms with Gasteiger partial charge in [0.25, 0.3) is 0 Å². The summed E-state index contributed by atoms with van der Waals surface area (Å²) in [4.78, 5) is 22.5. The van der Waals surface area contributed by atoms with Crippen molar-refractivity contribution in [2.24, 2.45) is 0 Å². The Morgan fingerprint density at radius 2 is 0.982 bits per heavy atom. The highest BCUT2D eigenvalue weighted by molar-refractivity contribution is 7.84. The van der Waals surface area contributed by atoms with Crippen molar-refractivity contribution in [3.05, 3.63) is 72.3 Å². The first-order valence-corrected chi connectivity index (χ1v) is 17.4. The van der Waals surface area contributed by atoms with E-state index in [9.17, 15) is 26.0 Å². The molecule has 0 fully saturated rings. The van der Waals surface area contributed by atoms with Crippen LogP contribution in [0.2, 0.25) is 0 Å². The van der Waals surface area contributed by atoms with E-state index in [0.717, 1.165) is 0 Å². The SMILES string of the molecule is COc1ccnc(CS(=O)c2nc3ccc(OC(F)F)cc3[nH]2)c1OC.COc1ccnc(CS(=O)c2nc3ccc(OC(F)F)cc3[nH]2)c1OC.O.O.O. The molecule has 0 saturated heterocycles. The Bertz CT molecular complexity index is 2060. The van der Waals surface area contributed by atoms with Gasteiger partial charge in [-0.15, -0.1) is 0 Å². The van der Waals surface area contributed by atoms with E-state index in [1.54, 1.807) is 12.1 Å². The summed E-state index contributed by atoms with van der Waals surface area (Å²) < 4.78 is 104. The molecule has 6 aromatic rings. The lowest BCUT2D eigenvalue weighted by atomic mass is 10.3. The number of methoxy groups -OCH3 is 4. The predicted molar refractivity (Wildman–Crippen MR) is 191 cm³/mol. The minimum atomic E-state index is -2.92. The summed E-state index contributed by atoms with van der Waals surface area (Å²) in [5.74, 6) is 1.82. The maximum Gasteiger partial charge on any atom is 0.387 e. The number of pyridine rings is 2. The topological polar surface area (TPSA) is 267 Å². The van der Waals surface area contributed by atoms with E-state index in [1.807, 2.05) is 0 Å². The van der Waals surface area contributed by atoms with E-state index < -0.39 is 34.8 Å². The summed E-state index contributed by atoms with van der Waals surface area (Å²) in [5.41, 5.74) is 2.76. The van der Waals surface area contributed by atoms with Crippen LogP contribution in [0.25, 0.3) is 22.1 Å². The van der Waals surface area contributed by atoms with Crippen LogP contribution < -0.4 is 28.4 Å². The maximum atomic E-state index is 12.6. The van der Waals surface area contributed by atoms with Gasteiger partial charge in [-0.1, -0.05) is 0 Å². The summed E-state index contributed by atoms with van der Waals surface area (Å²) in [6, 6.07) is 11.8. The molecule has 0 spiro atoms. The third-order valence-corrected chi connectivity index (χ3v) is 9.33. The first-order valence-electron chi connectivity index (χ1n) is 14.8. The third kappa shape index (κ3) is 11.2. The Hall–Kier alpha value is -5.62. The fraction of sp³-hybridized carbons (Fsp3) is 0.250. The number of nitrogens with zero attached hydrogens (tertiary/aromatic N) is 4. The Morgan fingerprint density at radius 3 is 1.31 bits per heavy atom. The molecule has 2 atom stereocenters. The standard InChI is InChI=1S/2C16H15F2N3O4S.3H2O/c2*1-23-13-5-6-19-12(14(13)24-2)8-26(22)16-20-10-4-3-9(25-15(17)18)7-11(10)21-16;;;/h2*3-7,15H,8H2,1-2H3,(H,20,21);3*1H2. The van der Waals surface area contributed by atoms with Gasteiger partial charge in [-0.2, -0.15) is 17.6 Å². The van der Waals surface area contributed by atoms with E-state index >= 15 is 0 Å². The number of ether oxygens (including phenoxy) is 6. The van der Waals surface area contributed by atoms with E-state index in [1.165, 1.54) is 77.2 Å². The molecule has 0 saturated carbocycles. The highest BCUT2D eigenvalue weighted by Gasteiger charge is 2.19. The summed E-state index contributed by atoms with van der Waals surface area (Å²) >= 11 is 0. The van der Waals surface area contributed by atoms with Gasteiger partial charge < -0.3 is 54.8 Å². The minimum absolute atomic E-state index is 0. The number of hydrogen-bond acceptors (Lipinski definition) is 12. The van der Waals surface area contributed by atoms with Crippen LogP contribution in [0, 0.1) is 0 Å². The van der Waals surface area contributed by atoms with Crippen LogP contribution in [0.3, 0.4) is 0 Å². The van der Waals surface area contributed by atoms with Gasteiger partial charge >= 0.3 is 13.2 Å². The van der Waals surface area contributed by atoms with Gasteiger partial charge in [0.15, 0.2) is 33.3 Å². The molecule has 4 heterocycles. The second kappa shape index (κ2) is 20.7. The summed E-state index contributed by atoms with van der Waals surface area (Å²) in [5, 5.41) is 0.390. The van der Waals surface area contributed by atoms with Gasteiger partial charge in [0.1, 0.15) is 11.5 Å². The van der Waals surface area contributed by atoms with Gasteiger partial charge in [0, 0.05) is 36.7 Å². The smallest absolute Gasteiger partial charge is 0.387 e. The second-order valence-corrected chi connectivity index (χ2v) is 12.9. The molecule has 6 rings (SSSR count). The molecular weight excluding hydrogens is 785 g/mol. The second-order valence-electron chi connectivity index (χ2n) is 10.2. The van der Waals surface area contributed by atoms with Crippen molar-refractivity contribution in [1.29, 1.82) is 0 Å². The molecule has 0 radical (unpaired) electrons. The molecular formula is C32H36F4N6O11S2. The highest BCUT2D eigenvalue weighted by Crippen LogP contribution is 2.32. The number of fused-ring (bicyclic) bond motifs is 2. The van der Waals surface area contributed by atoms with Crippen molar-refractivity contribution in [3.8, 4) is 34.5 Å². The fourth-order valence-electron chi connectivity index (χ4n) is 4.79. The molecule has 0 aliphatic heterocycles. The zero-order valence-corrected chi connectivity index (χ0v) is 30.9. The Balaban J connectivity index is 0.000000360. The quantitative estimate of drug-likeness (QED) is 0.150. The van der Waals surface area contributed by atoms with Crippen molar-refractivity contribution < 1.29 is 70.8 Å². The van der Waals surface area contributed by atoms with E-state index in [2.05, 4.69) is 39.4 Å². The van der Waals surface area contributed by atoms with Crippen LogP contribution in [0.1, 0.15) is 11.4 Å². The Labute approximate surface area is 314 Å². The number of imidazole rings is 2. The minimum Gasteiger partial charge on any atom is -0.493 e. The van der Waals surface area contributed by atoms with Gasteiger partial charge in [0.2, 0.25) is 0 Å². The first kappa shape index (κ1) is 45.5. The van der Waals surface area contributed by atoms with Crippen LogP contribution in [0.5, 0.6) is 34.5 Å². The summed E-state index contributed by atoms with van der Waals surface area (Å²) in [6.45, 7) is -5.84. The van der Waals surface area contributed by atoms with Crippen LogP contribution in [0.15, 0.2) is 71.2 Å². The Kier molecular flexibility index (Phi) is 17.2. The zero-order valence-electron chi connectivity index (χ0n) is 29.2. The number of hydrogen-bond donors (Lipinski definition) is 2. The average Bonchev–Trinajstić information content (AvgIpc) is 3.75. The molecule has 0 bridgehead atoms. The molecule has 2 unspecified atom stereocenters. The van der Waals surface area contributed by atoms with Crippen LogP contribution in [-0.2, 0) is 33.1 Å². The lowest BCUT2D eigenvalue weighted by Gasteiger charge is -2.10. The molecule has 0 aliphatic carbocycles.